The fraction of sp³-hybridized carbons (Fsp3) is 0.429. The molecule has 0 bridgehead atoms. The number of hydrogen-bond donors (Lipinski definition) is 5. The van der Waals surface area contributed by atoms with Crippen molar-refractivity contribution in [2.75, 3.05) is 62.6 Å². The number of ether oxygens (including phenoxy) is 1. The van der Waals surface area contributed by atoms with Gasteiger partial charge in [0.15, 0.2) is 39.2 Å². The second-order valence-corrected chi connectivity index (χ2v) is 26.2. The Labute approximate surface area is 516 Å². The number of carboxylic acids is 1. The van der Waals surface area contributed by atoms with E-state index in [4.69, 9.17) is 4.74 Å². The van der Waals surface area contributed by atoms with E-state index in [1.807, 2.05) is 100 Å². The van der Waals surface area contributed by atoms with Gasteiger partial charge in [0.1, 0.15) is 12.1 Å². The van der Waals surface area contributed by atoms with Gasteiger partial charge in [-0.15, -0.1) is 32.9 Å². The highest BCUT2D eigenvalue weighted by Crippen LogP contribution is 2.40. The predicted molar refractivity (Wildman–Crippen MR) is 334 cm³/mol. The van der Waals surface area contributed by atoms with Crippen LogP contribution in [0.1, 0.15) is 116 Å². The minimum Gasteiger partial charge on any atom is -0.491 e. The van der Waals surface area contributed by atoms with E-state index in [2.05, 4.69) is 57.8 Å². The van der Waals surface area contributed by atoms with Crippen LogP contribution in [0.25, 0.3) is 20.7 Å². The Morgan fingerprint density at radius 2 is 1.70 bits per heavy atom. The molecule has 4 amide bonds. The number of halogens is 1. The van der Waals surface area contributed by atoms with Gasteiger partial charge in [0.25, 0.3) is 0 Å². The molecular formula is C63H71FN12O8S3. The summed E-state index contributed by atoms with van der Waals surface area (Å²) in [5.74, 6) is 4.47. The topological polar surface area (TPSA) is 249 Å². The third kappa shape index (κ3) is 14.9. The van der Waals surface area contributed by atoms with Gasteiger partial charge in [-0.3, -0.25) is 24.1 Å². The van der Waals surface area contributed by atoms with E-state index >= 15 is 4.39 Å². The highest BCUT2D eigenvalue weighted by molar-refractivity contribution is 7.22. The van der Waals surface area contributed by atoms with E-state index in [0.29, 0.717) is 79.3 Å². The second kappa shape index (κ2) is 27.4. The number of aromatic carboxylic acids is 1. The largest absolute Gasteiger partial charge is 0.491 e. The zero-order valence-corrected chi connectivity index (χ0v) is 52.0. The first-order chi connectivity index (χ1) is 41.8. The predicted octanol–water partition coefficient (Wildman–Crippen LogP) is 9.00. The smallest absolute Gasteiger partial charge is 0.355 e. The van der Waals surface area contributed by atoms with Crippen LogP contribution in [0, 0.1) is 36.9 Å². The quantitative estimate of drug-likeness (QED) is 0.0353. The molecular weight excluding hydrogens is 1170 g/mol. The molecule has 7 heterocycles. The Balaban J connectivity index is 0.636. The van der Waals surface area contributed by atoms with Crippen LogP contribution in [0.2, 0.25) is 0 Å². The summed E-state index contributed by atoms with van der Waals surface area (Å²) in [5.41, 5.74) is 7.25. The molecule has 2 fully saturated rings. The number of thiazole rings is 3. The number of hydrogen-bond acceptors (Lipinski definition) is 18. The summed E-state index contributed by atoms with van der Waals surface area (Å²) in [4.78, 5) is 89.4. The summed E-state index contributed by atoms with van der Waals surface area (Å²) in [5, 5.41) is 40.4. The molecule has 0 saturated carbocycles. The minimum atomic E-state index is -1.13. The van der Waals surface area contributed by atoms with Crippen molar-refractivity contribution in [3.8, 4) is 28.0 Å². The van der Waals surface area contributed by atoms with Crippen molar-refractivity contribution < 1.29 is 43.3 Å². The van der Waals surface area contributed by atoms with Gasteiger partial charge in [0.05, 0.1) is 51.6 Å². The number of fused-ring (bicyclic) bond motifs is 2. The van der Waals surface area contributed by atoms with Crippen LogP contribution in [0.5, 0.6) is 5.75 Å². The number of amides is 4. The van der Waals surface area contributed by atoms with Crippen LogP contribution in [0.4, 0.5) is 26.3 Å². The zero-order valence-electron chi connectivity index (χ0n) is 49.5. The normalized spacial score (nSPS) is 16.9. The van der Waals surface area contributed by atoms with Crippen molar-refractivity contribution in [1.29, 1.82) is 0 Å². The number of likely N-dealkylation sites (tertiary alicyclic amines) is 1. The number of nitrogens with one attached hydrogen (secondary N) is 3. The van der Waals surface area contributed by atoms with Crippen LogP contribution < -0.4 is 25.6 Å². The summed E-state index contributed by atoms with van der Waals surface area (Å²) >= 11 is 4.40. The van der Waals surface area contributed by atoms with Crippen LogP contribution in [-0.4, -0.2) is 150 Å². The molecule has 2 unspecified atom stereocenters. The van der Waals surface area contributed by atoms with Gasteiger partial charge >= 0.3 is 5.97 Å². The van der Waals surface area contributed by atoms with Crippen LogP contribution in [-0.2, 0) is 32.0 Å². The standard InChI is InChI=1S/C63H71FN12O8S3/c1-37-44-14-11-27-75(57(44)72-71-56(37)70-61-67-46-15-7-8-16-49(46)86-61)62-69-53(60(82)83)50(87-62)17-12-32-84-48-25-20-40(33-45(48)64)13-10-26-73-28-30-74(31-29-73)52(79)19-9-18-51(78)68-55(63(4,5)6)59(81)76-35-43(77)34-47(76)58(80)66-38(2)41-21-23-42(24-22-41)54-39(3)65-36-85-54/h7-8,15-16,20-25,33,36,38,43,47,55,77H,9,11-12,14,17-19,26-32,34-35H2,1-6H3,(H,66,80)(H,68,78)(H,82,83)(H,67,70,71)/t38?,43-,47+,55?/m1/s1. The molecule has 3 aromatic carbocycles. The number of piperazine rings is 1. The zero-order chi connectivity index (χ0) is 61.5. The number of carbonyl (C=O) groups excluding carboxylic acids is 4. The van der Waals surface area contributed by atoms with Crippen molar-refractivity contribution in [2.45, 2.75) is 117 Å². The lowest BCUT2D eigenvalue weighted by Gasteiger charge is -2.35. The maximum atomic E-state index is 15.3. The molecule has 2 saturated heterocycles. The first-order valence-corrected chi connectivity index (χ1v) is 31.8. The number of para-hydroxylation sites is 1. The number of β-amino-alcohol motifs (C(OH)–C–C–N with tert-alkyl or cyclic N) is 1. The summed E-state index contributed by atoms with van der Waals surface area (Å²) in [6, 6.07) is 18.1. The molecule has 5 N–H and O–H groups in total. The van der Waals surface area contributed by atoms with Gasteiger partial charge in [-0.25, -0.2) is 24.1 Å². The number of aryl methyl sites for hydroxylation is 2. The molecule has 4 aromatic heterocycles. The molecule has 10 rings (SSSR count). The van der Waals surface area contributed by atoms with Gasteiger partial charge in [-0.05, 0) is 99.7 Å². The number of aliphatic hydroxyl groups excluding tert-OH is 1. The van der Waals surface area contributed by atoms with E-state index in [1.54, 1.807) is 22.3 Å². The first-order valence-electron chi connectivity index (χ1n) is 29.3. The Kier molecular flexibility index (Phi) is 19.6. The lowest BCUT2D eigenvalue weighted by Crippen LogP contribution is -2.57. The Morgan fingerprint density at radius 1 is 0.920 bits per heavy atom. The SMILES string of the molecule is Cc1ncsc1-c1ccc(C(C)NC(=O)[C@@H]2C[C@@H](O)CN2C(=O)C(NC(=O)CCCC(=O)N2CCN(CC#Cc3ccc(OCCCc4sc(N5CCCc6c5nnc(Nc5nc7ccccc7s5)c6C)nc4C(=O)O)c(F)c3)CC2)C(C)(C)C)cc1. The Bertz CT molecular complexity index is 3700. The van der Waals surface area contributed by atoms with Crippen molar-refractivity contribution in [1.82, 2.24) is 50.5 Å². The lowest BCUT2D eigenvalue weighted by molar-refractivity contribution is -0.144. The summed E-state index contributed by atoms with van der Waals surface area (Å²) in [6.07, 6.45) is 1.99. The Hall–Kier alpha value is -7.95. The average Bonchev–Trinajstić information content (AvgIpc) is 2.15. The van der Waals surface area contributed by atoms with Gasteiger partial charge in [-0.1, -0.05) is 80.3 Å². The molecule has 87 heavy (non-hydrogen) atoms. The molecule has 24 heteroatoms. The fourth-order valence-corrected chi connectivity index (χ4v) is 13.8. The second-order valence-electron chi connectivity index (χ2n) is 23.2. The maximum absolute atomic E-state index is 15.3. The van der Waals surface area contributed by atoms with E-state index in [0.717, 1.165) is 61.0 Å². The van der Waals surface area contributed by atoms with E-state index in [9.17, 15) is 34.2 Å². The number of carboxylic acid groups (broad SMARTS) is 1. The summed E-state index contributed by atoms with van der Waals surface area (Å²) in [6.45, 7) is 14.6. The molecule has 3 aliphatic heterocycles. The van der Waals surface area contributed by atoms with Gasteiger partial charge in [0, 0.05) is 80.1 Å². The molecule has 3 aliphatic rings. The number of rotatable bonds is 20. The highest BCUT2D eigenvalue weighted by Gasteiger charge is 2.45. The third-order valence-corrected chi connectivity index (χ3v) is 18.9. The molecule has 0 spiro atoms. The first kappa shape index (κ1) is 62.1. The number of anilines is 4. The third-order valence-electron chi connectivity index (χ3n) is 15.9. The molecule has 456 valence electrons. The van der Waals surface area contributed by atoms with E-state index in [-0.39, 0.29) is 68.1 Å². The van der Waals surface area contributed by atoms with E-state index in [1.165, 1.54) is 39.7 Å². The van der Waals surface area contributed by atoms with Gasteiger partial charge in [0.2, 0.25) is 23.6 Å². The van der Waals surface area contributed by atoms with Crippen LogP contribution in [0.3, 0.4) is 0 Å². The number of benzene rings is 3. The highest BCUT2D eigenvalue weighted by atomic mass is 32.1. The van der Waals surface area contributed by atoms with Crippen molar-refractivity contribution in [3.63, 3.8) is 0 Å². The lowest BCUT2D eigenvalue weighted by atomic mass is 9.85. The van der Waals surface area contributed by atoms with Crippen molar-refractivity contribution >= 4 is 95.7 Å². The van der Waals surface area contributed by atoms with Crippen molar-refractivity contribution in [3.05, 3.63) is 117 Å². The molecule has 0 aliphatic carbocycles. The summed E-state index contributed by atoms with van der Waals surface area (Å²) < 4.78 is 22.2. The Morgan fingerprint density at radius 3 is 2.43 bits per heavy atom. The van der Waals surface area contributed by atoms with Crippen LogP contribution in [0.15, 0.2) is 72.2 Å². The van der Waals surface area contributed by atoms with Gasteiger partial charge < -0.3 is 45.6 Å². The molecule has 0 radical (unpaired) electrons. The fourth-order valence-electron chi connectivity index (χ4n) is 11.0. The number of aromatic nitrogens is 5. The maximum Gasteiger partial charge on any atom is 0.355 e. The van der Waals surface area contributed by atoms with Crippen LogP contribution >= 0.6 is 34.0 Å². The monoisotopic (exact) mass is 1240 g/mol. The molecule has 20 nitrogen and oxygen atoms in total. The van der Waals surface area contributed by atoms with Gasteiger partial charge in [-0.2, -0.15) is 0 Å². The number of nitrogens with zero attached hydrogens (tertiary/aromatic N) is 9. The van der Waals surface area contributed by atoms with E-state index < -0.39 is 47.2 Å². The number of carbonyl (C=O) groups is 5. The average molecular weight is 1240 g/mol. The minimum absolute atomic E-state index is 0.0185. The van der Waals surface area contributed by atoms with Crippen molar-refractivity contribution in [2.24, 2.45) is 5.41 Å². The summed E-state index contributed by atoms with van der Waals surface area (Å²) in [7, 11) is 0. The number of aliphatic hydroxyl groups is 1. The molecule has 7 aromatic rings. The molecule has 4 atom stereocenters.